The van der Waals surface area contributed by atoms with E-state index in [0.29, 0.717) is 22.4 Å². The van der Waals surface area contributed by atoms with E-state index in [-0.39, 0.29) is 4.90 Å². The molecule has 0 saturated heterocycles. The highest BCUT2D eigenvalue weighted by atomic mass is 32.3. The fraction of sp³-hybridized carbons (Fsp3) is 0.133. The van der Waals surface area contributed by atoms with Crippen LogP contribution in [0.5, 0.6) is 0 Å². The Kier molecular flexibility index (Phi) is 3.38. The van der Waals surface area contributed by atoms with E-state index in [2.05, 4.69) is 15.0 Å². The van der Waals surface area contributed by atoms with E-state index in [0.717, 1.165) is 17.4 Å². The van der Waals surface area contributed by atoms with Crippen LogP contribution < -0.4 is 5.73 Å². The van der Waals surface area contributed by atoms with Gasteiger partial charge in [-0.1, -0.05) is 0 Å². The molecule has 0 aromatic carbocycles. The zero-order valence-electron chi connectivity index (χ0n) is 12.1. The van der Waals surface area contributed by atoms with E-state index < -0.39 is 10.2 Å². The molecular weight excluding hydrogens is 300 g/mol. The molecule has 0 aliphatic rings. The number of aromatic nitrogens is 3. The number of pyridine rings is 3. The fourth-order valence-corrected chi connectivity index (χ4v) is 2.84. The van der Waals surface area contributed by atoms with Crippen LogP contribution in [-0.2, 0) is 14.8 Å². The first-order chi connectivity index (χ1) is 10.4. The molecule has 0 aliphatic carbocycles. The van der Waals surface area contributed by atoms with Crippen molar-refractivity contribution in [1.82, 2.24) is 15.0 Å². The SMILES string of the molecule is Cc1ccncc1-c1cc(N)c2ncc([SH](C)([O])=O)cc2n1. The van der Waals surface area contributed by atoms with Crippen LogP contribution in [-0.4, -0.2) is 25.4 Å². The number of hydrogen-bond acceptors (Lipinski definition) is 5. The van der Waals surface area contributed by atoms with Crippen LogP contribution in [0.25, 0.3) is 22.3 Å². The van der Waals surface area contributed by atoms with Crippen LogP contribution >= 0.6 is 0 Å². The van der Waals surface area contributed by atoms with Gasteiger partial charge in [0.05, 0.1) is 28.0 Å². The number of thiol groups is 1. The summed E-state index contributed by atoms with van der Waals surface area (Å²) in [7, 11) is -3.64. The summed E-state index contributed by atoms with van der Waals surface area (Å²) in [6.45, 7) is 1.95. The third-order valence-electron chi connectivity index (χ3n) is 3.44. The van der Waals surface area contributed by atoms with Crippen LogP contribution in [0.4, 0.5) is 5.69 Å². The summed E-state index contributed by atoms with van der Waals surface area (Å²) in [5.41, 5.74) is 9.93. The largest absolute Gasteiger partial charge is 0.397 e. The van der Waals surface area contributed by atoms with Gasteiger partial charge in [-0.25, -0.2) is 9.19 Å². The van der Waals surface area contributed by atoms with E-state index in [1.54, 1.807) is 18.5 Å². The van der Waals surface area contributed by atoms with Crippen molar-refractivity contribution in [3.63, 3.8) is 0 Å². The minimum Gasteiger partial charge on any atom is -0.397 e. The molecule has 2 N–H and O–H groups in total. The van der Waals surface area contributed by atoms with Crippen molar-refractivity contribution in [1.29, 1.82) is 0 Å². The van der Waals surface area contributed by atoms with Crippen molar-refractivity contribution in [3.8, 4) is 11.3 Å². The summed E-state index contributed by atoms with van der Waals surface area (Å²) in [4.78, 5) is 12.9. The summed E-state index contributed by atoms with van der Waals surface area (Å²) >= 11 is 0. The second-order valence-corrected chi connectivity index (χ2v) is 7.40. The molecule has 0 amide bonds. The monoisotopic (exact) mass is 315 g/mol. The molecule has 0 aliphatic heterocycles. The summed E-state index contributed by atoms with van der Waals surface area (Å²) in [5, 5.41) is 0. The van der Waals surface area contributed by atoms with Gasteiger partial charge in [0.25, 0.3) is 0 Å². The van der Waals surface area contributed by atoms with Crippen molar-refractivity contribution in [2.45, 2.75) is 11.8 Å². The number of nitrogens with two attached hydrogens (primary N) is 1. The van der Waals surface area contributed by atoms with Crippen molar-refractivity contribution < 1.29 is 8.76 Å². The number of aryl methyl sites for hydroxylation is 1. The average molecular weight is 315 g/mol. The second-order valence-electron chi connectivity index (χ2n) is 5.19. The smallest absolute Gasteiger partial charge is 0.112 e. The van der Waals surface area contributed by atoms with Crippen LogP contribution in [0.15, 0.2) is 41.7 Å². The zero-order chi connectivity index (χ0) is 15.9. The number of sulfone groups is 1. The number of nitrogens with zero attached hydrogens (tertiary/aromatic N) is 3. The number of nitrogen functional groups attached to an aromatic ring is 1. The van der Waals surface area contributed by atoms with Crippen molar-refractivity contribution in [2.75, 3.05) is 12.0 Å². The molecule has 3 aromatic rings. The Hall–Kier alpha value is -2.38. The lowest BCUT2D eigenvalue weighted by molar-refractivity contribution is 0.457. The Bertz CT molecular complexity index is 921. The van der Waals surface area contributed by atoms with Crippen LogP contribution in [0.1, 0.15) is 5.56 Å². The standard InChI is InChI=1S/C15H15N4O2S/c1-9-3-4-17-8-11(9)13-6-12(16)15-14(19-13)5-10(7-18-15)22(2,20)21/h3-8,22H,1-2H3,(H2,16,19). The normalized spacial score (nSPS) is 12.5. The lowest BCUT2D eigenvalue weighted by Crippen LogP contribution is -2.06. The number of hydrogen-bond donors (Lipinski definition) is 2. The molecule has 3 rings (SSSR count). The van der Waals surface area contributed by atoms with Crippen molar-refractivity contribution >= 4 is 26.9 Å². The predicted molar refractivity (Wildman–Crippen MR) is 86.3 cm³/mol. The maximum Gasteiger partial charge on any atom is 0.112 e. The molecule has 0 fully saturated rings. The molecule has 7 heteroatoms. The Morgan fingerprint density at radius 3 is 2.68 bits per heavy atom. The Labute approximate surface area is 128 Å². The summed E-state index contributed by atoms with van der Waals surface area (Å²) in [6.07, 6.45) is 5.88. The molecule has 0 atom stereocenters. The Morgan fingerprint density at radius 1 is 1.23 bits per heavy atom. The lowest BCUT2D eigenvalue weighted by atomic mass is 10.1. The molecule has 113 valence electrons. The minimum atomic E-state index is -3.64. The summed E-state index contributed by atoms with van der Waals surface area (Å²) in [6, 6.07) is 5.10. The average Bonchev–Trinajstić information content (AvgIpc) is 2.46. The summed E-state index contributed by atoms with van der Waals surface area (Å²) in [5.74, 6) is 0. The van der Waals surface area contributed by atoms with Crippen LogP contribution in [0.3, 0.4) is 0 Å². The van der Waals surface area contributed by atoms with Gasteiger partial charge in [-0.05, 0) is 30.7 Å². The quantitative estimate of drug-likeness (QED) is 0.704. The predicted octanol–water partition coefficient (Wildman–Crippen LogP) is 1.93. The van der Waals surface area contributed by atoms with Gasteiger partial charge >= 0.3 is 0 Å². The lowest BCUT2D eigenvalue weighted by Gasteiger charge is -2.14. The molecule has 3 heterocycles. The van der Waals surface area contributed by atoms with Gasteiger partial charge in [0, 0.05) is 24.2 Å². The van der Waals surface area contributed by atoms with E-state index in [1.165, 1.54) is 12.3 Å². The third kappa shape index (κ3) is 2.56. The Balaban J connectivity index is 2.27. The van der Waals surface area contributed by atoms with Gasteiger partial charge < -0.3 is 5.73 Å². The maximum atomic E-state index is 11.7. The maximum absolute atomic E-state index is 11.7. The number of rotatable bonds is 2. The van der Waals surface area contributed by atoms with Gasteiger partial charge in [0.15, 0.2) is 0 Å². The summed E-state index contributed by atoms with van der Waals surface area (Å²) < 4.78 is 23.4. The van der Waals surface area contributed by atoms with Crippen LogP contribution in [0.2, 0.25) is 0 Å². The van der Waals surface area contributed by atoms with Crippen molar-refractivity contribution in [2.24, 2.45) is 0 Å². The highest BCUT2D eigenvalue weighted by Gasteiger charge is 2.12. The topological polar surface area (TPSA) is 102 Å². The van der Waals surface area contributed by atoms with E-state index in [1.807, 2.05) is 13.0 Å². The number of fused-ring (bicyclic) bond motifs is 1. The van der Waals surface area contributed by atoms with Gasteiger partial charge in [-0.15, -0.1) is 14.8 Å². The van der Waals surface area contributed by atoms with E-state index in [4.69, 9.17) is 5.73 Å². The van der Waals surface area contributed by atoms with Gasteiger partial charge in [0.2, 0.25) is 0 Å². The Morgan fingerprint density at radius 2 is 2.00 bits per heavy atom. The first-order valence-electron chi connectivity index (χ1n) is 6.62. The first-order valence-corrected chi connectivity index (χ1v) is 8.70. The molecular formula is C15H15N4O2S. The van der Waals surface area contributed by atoms with E-state index >= 15 is 0 Å². The highest BCUT2D eigenvalue weighted by molar-refractivity contribution is 7.96. The molecule has 0 spiro atoms. The molecule has 6 nitrogen and oxygen atoms in total. The first kappa shape index (κ1) is 14.6. The van der Waals surface area contributed by atoms with Gasteiger partial charge in [-0.3, -0.25) is 9.97 Å². The molecule has 0 saturated carbocycles. The molecule has 0 unspecified atom stereocenters. The molecule has 22 heavy (non-hydrogen) atoms. The van der Waals surface area contributed by atoms with E-state index in [9.17, 15) is 8.76 Å². The zero-order valence-corrected chi connectivity index (χ0v) is 13.0. The highest BCUT2D eigenvalue weighted by Crippen LogP contribution is 2.28. The van der Waals surface area contributed by atoms with Crippen molar-refractivity contribution in [3.05, 3.63) is 42.4 Å². The van der Waals surface area contributed by atoms with Gasteiger partial charge in [-0.2, -0.15) is 0 Å². The van der Waals surface area contributed by atoms with Crippen LogP contribution in [0, 0.1) is 6.92 Å². The third-order valence-corrected chi connectivity index (χ3v) is 4.63. The minimum absolute atomic E-state index is 0.145. The van der Waals surface area contributed by atoms with Gasteiger partial charge in [0.1, 0.15) is 5.52 Å². The second kappa shape index (κ2) is 5.11. The molecule has 3 aromatic heterocycles. The fourth-order valence-electron chi connectivity index (χ4n) is 2.22. The molecule has 1 radical (unpaired) electrons. The number of anilines is 1. The molecule has 0 bridgehead atoms.